The number of hydrogen-bond donors (Lipinski definition) is 0. The summed E-state index contributed by atoms with van der Waals surface area (Å²) < 4.78 is 5.71. The molecule has 0 spiro atoms. The smallest absolute Gasteiger partial charge is 0.263 e. The molecule has 0 bridgehead atoms. The highest BCUT2D eigenvalue weighted by molar-refractivity contribution is 5.80. The van der Waals surface area contributed by atoms with Crippen LogP contribution in [-0.2, 0) is 4.79 Å². The second kappa shape index (κ2) is 7.17. The molecular weight excluding hydrogens is 238 g/mol. The summed E-state index contributed by atoms with van der Waals surface area (Å²) in [5.41, 5.74) is 0. The zero-order valence-corrected chi connectivity index (χ0v) is 11.7. The number of amides is 1. The van der Waals surface area contributed by atoms with E-state index in [9.17, 15) is 4.79 Å². The van der Waals surface area contributed by atoms with Crippen molar-refractivity contribution in [2.24, 2.45) is 0 Å². The number of ether oxygens (including phenoxy) is 1. The van der Waals surface area contributed by atoms with Crippen molar-refractivity contribution in [2.45, 2.75) is 45.1 Å². The first kappa shape index (κ1) is 13.9. The molecule has 1 amide bonds. The summed E-state index contributed by atoms with van der Waals surface area (Å²) in [4.78, 5) is 14.3. The summed E-state index contributed by atoms with van der Waals surface area (Å²) in [7, 11) is 0. The Balaban J connectivity index is 1.90. The van der Waals surface area contributed by atoms with Crippen LogP contribution in [-0.4, -0.2) is 30.0 Å². The van der Waals surface area contributed by atoms with E-state index in [0.29, 0.717) is 0 Å². The van der Waals surface area contributed by atoms with Gasteiger partial charge in [-0.2, -0.15) is 0 Å². The van der Waals surface area contributed by atoms with E-state index in [1.807, 2.05) is 42.2 Å². The zero-order chi connectivity index (χ0) is 13.5. The van der Waals surface area contributed by atoms with Gasteiger partial charge in [-0.1, -0.05) is 37.5 Å². The predicted octanol–water partition coefficient (Wildman–Crippen LogP) is 3.25. The van der Waals surface area contributed by atoms with E-state index >= 15 is 0 Å². The quantitative estimate of drug-likeness (QED) is 0.836. The molecule has 0 radical (unpaired) electrons. The fraction of sp³-hybridized carbons (Fsp3) is 0.562. The largest absolute Gasteiger partial charge is 0.481 e. The Hall–Kier alpha value is -1.51. The lowest BCUT2D eigenvalue weighted by molar-refractivity contribution is -0.138. The average Bonchev–Trinajstić information content (AvgIpc) is 2.39. The van der Waals surface area contributed by atoms with Gasteiger partial charge < -0.3 is 9.64 Å². The minimum absolute atomic E-state index is 0.116. The van der Waals surface area contributed by atoms with E-state index in [-0.39, 0.29) is 5.91 Å². The molecule has 3 heteroatoms. The standard InChI is InChI=1S/C16H23NO2/c1-14(19-15-10-6-5-7-11-15)16(18)17-12-8-3-2-4-9-13-17/h5-7,10-11,14H,2-4,8-9,12-13H2,1H3. The Morgan fingerprint density at radius 1 is 1.05 bits per heavy atom. The Morgan fingerprint density at radius 2 is 1.63 bits per heavy atom. The summed E-state index contributed by atoms with van der Waals surface area (Å²) in [6, 6.07) is 9.55. The lowest BCUT2D eigenvalue weighted by Crippen LogP contribution is -2.42. The van der Waals surface area contributed by atoms with Crippen LogP contribution in [0.5, 0.6) is 5.75 Å². The third kappa shape index (κ3) is 4.27. The lowest BCUT2D eigenvalue weighted by atomic mass is 10.1. The van der Waals surface area contributed by atoms with Crippen molar-refractivity contribution in [3.63, 3.8) is 0 Å². The molecule has 1 heterocycles. The highest BCUT2D eigenvalue weighted by Gasteiger charge is 2.22. The second-order valence-electron chi connectivity index (χ2n) is 5.17. The Morgan fingerprint density at radius 3 is 2.26 bits per heavy atom. The van der Waals surface area contributed by atoms with Crippen molar-refractivity contribution in [1.29, 1.82) is 0 Å². The van der Waals surface area contributed by atoms with E-state index in [1.54, 1.807) is 0 Å². The topological polar surface area (TPSA) is 29.5 Å². The number of hydrogen-bond acceptors (Lipinski definition) is 2. The van der Waals surface area contributed by atoms with Crippen LogP contribution in [0.1, 0.15) is 39.0 Å². The van der Waals surface area contributed by atoms with Gasteiger partial charge in [-0.3, -0.25) is 4.79 Å². The maximum Gasteiger partial charge on any atom is 0.263 e. The van der Waals surface area contributed by atoms with Gasteiger partial charge in [0.15, 0.2) is 6.10 Å². The molecule has 104 valence electrons. The number of carbonyl (C=O) groups is 1. The van der Waals surface area contributed by atoms with Crippen LogP contribution in [0.4, 0.5) is 0 Å². The molecule has 0 N–H and O–H groups in total. The maximum absolute atomic E-state index is 12.4. The van der Waals surface area contributed by atoms with E-state index in [1.165, 1.54) is 19.3 Å². The minimum atomic E-state index is -0.401. The molecule has 0 aliphatic carbocycles. The lowest BCUT2D eigenvalue weighted by Gasteiger charge is -2.27. The fourth-order valence-corrected chi connectivity index (χ4v) is 2.48. The molecule has 1 unspecified atom stereocenters. The second-order valence-corrected chi connectivity index (χ2v) is 5.17. The van der Waals surface area contributed by atoms with E-state index in [0.717, 1.165) is 31.7 Å². The van der Waals surface area contributed by atoms with Gasteiger partial charge in [0, 0.05) is 13.1 Å². The molecule has 1 aliphatic rings. The van der Waals surface area contributed by atoms with Crippen molar-refractivity contribution in [1.82, 2.24) is 4.90 Å². The normalized spacial score (nSPS) is 18.3. The van der Waals surface area contributed by atoms with E-state index in [2.05, 4.69) is 0 Å². The Bertz CT molecular complexity index is 383. The van der Waals surface area contributed by atoms with Crippen LogP contribution in [0, 0.1) is 0 Å². The number of benzene rings is 1. The number of para-hydroxylation sites is 1. The van der Waals surface area contributed by atoms with Crippen molar-refractivity contribution >= 4 is 5.91 Å². The number of carbonyl (C=O) groups excluding carboxylic acids is 1. The summed E-state index contributed by atoms with van der Waals surface area (Å²) in [5.74, 6) is 0.876. The van der Waals surface area contributed by atoms with E-state index in [4.69, 9.17) is 4.74 Å². The molecule has 3 nitrogen and oxygen atoms in total. The third-order valence-corrected chi connectivity index (χ3v) is 3.57. The van der Waals surface area contributed by atoms with Crippen LogP contribution in [0.2, 0.25) is 0 Å². The SMILES string of the molecule is CC(Oc1ccccc1)C(=O)N1CCCCCCC1. The average molecular weight is 261 g/mol. The number of nitrogens with zero attached hydrogens (tertiary/aromatic N) is 1. The summed E-state index contributed by atoms with van der Waals surface area (Å²) in [5, 5.41) is 0. The minimum Gasteiger partial charge on any atom is -0.481 e. The number of likely N-dealkylation sites (tertiary alicyclic amines) is 1. The van der Waals surface area contributed by atoms with Crippen LogP contribution in [0.3, 0.4) is 0 Å². The monoisotopic (exact) mass is 261 g/mol. The summed E-state index contributed by atoms with van der Waals surface area (Å²) in [6.45, 7) is 3.59. The molecule has 0 aromatic heterocycles. The van der Waals surface area contributed by atoms with Crippen molar-refractivity contribution in [3.8, 4) is 5.75 Å². The molecule has 0 saturated carbocycles. The molecule has 19 heavy (non-hydrogen) atoms. The molecule has 1 aromatic carbocycles. The molecular formula is C16H23NO2. The van der Waals surface area contributed by atoms with Gasteiger partial charge in [-0.15, -0.1) is 0 Å². The van der Waals surface area contributed by atoms with Gasteiger partial charge in [0.1, 0.15) is 5.75 Å². The predicted molar refractivity (Wildman–Crippen MR) is 76.2 cm³/mol. The van der Waals surface area contributed by atoms with Gasteiger partial charge in [0.25, 0.3) is 5.91 Å². The highest BCUT2D eigenvalue weighted by atomic mass is 16.5. The molecule has 1 fully saturated rings. The van der Waals surface area contributed by atoms with Gasteiger partial charge in [-0.25, -0.2) is 0 Å². The van der Waals surface area contributed by atoms with Gasteiger partial charge in [0.2, 0.25) is 0 Å². The van der Waals surface area contributed by atoms with Gasteiger partial charge in [-0.05, 0) is 31.9 Å². The van der Waals surface area contributed by atoms with Gasteiger partial charge in [0.05, 0.1) is 0 Å². The highest BCUT2D eigenvalue weighted by Crippen LogP contribution is 2.15. The number of rotatable bonds is 3. The third-order valence-electron chi connectivity index (χ3n) is 3.57. The van der Waals surface area contributed by atoms with Crippen LogP contribution in [0.15, 0.2) is 30.3 Å². The maximum atomic E-state index is 12.4. The first-order valence-electron chi connectivity index (χ1n) is 7.28. The van der Waals surface area contributed by atoms with Crippen LogP contribution >= 0.6 is 0 Å². The molecule has 1 aromatic rings. The Kier molecular flexibility index (Phi) is 5.25. The summed E-state index contributed by atoms with van der Waals surface area (Å²) >= 11 is 0. The molecule has 1 atom stereocenters. The summed E-state index contributed by atoms with van der Waals surface area (Å²) in [6.07, 6.45) is 5.60. The fourth-order valence-electron chi connectivity index (χ4n) is 2.48. The van der Waals surface area contributed by atoms with Crippen LogP contribution < -0.4 is 4.74 Å². The first-order valence-corrected chi connectivity index (χ1v) is 7.28. The van der Waals surface area contributed by atoms with Crippen LogP contribution in [0.25, 0.3) is 0 Å². The molecule has 1 aliphatic heterocycles. The first-order chi connectivity index (χ1) is 9.27. The Labute approximate surface area is 115 Å². The zero-order valence-electron chi connectivity index (χ0n) is 11.7. The molecule has 2 rings (SSSR count). The van der Waals surface area contributed by atoms with Crippen molar-refractivity contribution in [3.05, 3.63) is 30.3 Å². The molecule has 1 saturated heterocycles. The van der Waals surface area contributed by atoms with Crippen molar-refractivity contribution < 1.29 is 9.53 Å². The van der Waals surface area contributed by atoms with Gasteiger partial charge >= 0.3 is 0 Å². The van der Waals surface area contributed by atoms with E-state index < -0.39 is 6.10 Å². The van der Waals surface area contributed by atoms with Crippen molar-refractivity contribution in [2.75, 3.05) is 13.1 Å².